The number of unbranched alkanes of at least 4 members (excludes halogenated alkanes) is 2. The van der Waals surface area contributed by atoms with Crippen LogP contribution < -0.4 is 22.5 Å². The van der Waals surface area contributed by atoms with E-state index >= 15 is 0 Å². The van der Waals surface area contributed by atoms with Gasteiger partial charge in [-0.25, -0.2) is 9.97 Å². The number of nitrogens with zero attached hydrogens (tertiary/aromatic N) is 3. The number of benzene rings is 1. The van der Waals surface area contributed by atoms with Crippen LogP contribution in [0.5, 0.6) is 0 Å². The number of aromatic nitrogens is 2. The van der Waals surface area contributed by atoms with Crippen molar-refractivity contribution in [1.82, 2.24) is 15.3 Å². The normalized spacial score (nSPS) is 11.3. The summed E-state index contributed by atoms with van der Waals surface area (Å²) in [6.07, 6.45) is 4.00. The summed E-state index contributed by atoms with van der Waals surface area (Å²) in [5.74, 6) is -0.814. The summed E-state index contributed by atoms with van der Waals surface area (Å²) in [6, 6.07) is 10.3. The van der Waals surface area contributed by atoms with Gasteiger partial charge in [0.05, 0.1) is 0 Å². The number of aliphatic imine (C=N–C) groups is 1. The van der Waals surface area contributed by atoms with Gasteiger partial charge in [0.1, 0.15) is 0 Å². The largest absolute Gasteiger partial charge is 0.382 e. The van der Waals surface area contributed by atoms with Crippen LogP contribution in [0.2, 0.25) is 5.15 Å². The minimum atomic E-state index is -0.637. The standard InChI is InChI=1S/C17H22ClN7O/c18-13-15(20)24-14(19)12(23-13)16(26)25-17(21)22-10-6-2-5-9-11-7-3-1-4-8-11/h1,3-4,7-8H,2,5-6,9-10H2,(H4,19,20,24)(H3,21,22,25,26). The van der Waals surface area contributed by atoms with Gasteiger partial charge in [0.25, 0.3) is 5.91 Å². The molecule has 26 heavy (non-hydrogen) atoms. The Hall–Kier alpha value is -2.87. The maximum Gasteiger partial charge on any atom is 0.280 e. The molecule has 8 nitrogen and oxygen atoms in total. The van der Waals surface area contributed by atoms with E-state index in [1.54, 1.807) is 0 Å². The highest BCUT2D eigenvalue weighted by Crippen LogP contribution is 2.17. The number of guanidine groups is 1. The summed E-state index contributed by atoms with van der Waals surface area (Å²) < 4.78 is 0. The first kappa shape index (κ1) is 19.5. The highest BCUT2D eigenvalue weighted by atomic mass is 35.5. The molecule has 9 heteroatoms. The monoisotopic (exact) mass is 375 g/mol. The van der Waals surface area contributed by atoms with Gasteiger partial charge < -0.3 is 17.2 Å². The van der Waals surface area contributed by atoms with Crippen molar-refractivity contribution in [3.8, 4) is 0 Å². The van der Waals surface area contributed by atoms with Gasteiger partial charge in [-0.15, -0.1) is 0 Å². The van der Waals surface area contributed by atoms with Crippen molar-refractivity contribution in [3.05, 3.63) is 46.7 Å². The predicted octanol–water partition coefficient (Wildman–Crippen LogP) is 1.75. The number of amides is 1. The molecule has 7 N–H and O–H groups in total. The lowest BCUT2D eigenvalue weighted by atomic mass is 10.1. The third-order valence-corrected chi connectivity index (χ3v) is 3.89. The lowest BCUT2D eigenvalue weighted by Gasteiger charge is -2.07. The van der Waals surface area contributed by atoms with Gasteiger partial charge in [-0.05, 0) is 24.8 Å². The highest BCUT2D eigenvalue weighted by molar-refractivity contribution is 6.31. The molecule has 2 aromatic rings. The van der Waals surface area contributed by atoms with E-state index in [1.807, 2.05) is 18.2 Å². The quantitative estimate of drug-likeness (QED) is 0.329. The van der Waals surface area contributed by atoms with Crippen molar-refractivity contribution >= 4 is 35.1 Å². The second-order valence-corrected chi connectivity index (χ2v) is 6.01. The Labute approximate surface area is 156 Å². The average Bonchev–Trinajstić information content (AvgIpc) is 2.61. The van der Waals surface area contributed by atoms with E-state index in [9.17, 15) is 4.79 Å². The second kappa shape index (κ2) is 9.57. The molecule has 1 aromatic heterocycles. The average molecular weight is 376 g/mol. The summed E-state index contributed by atoms with van der Waals surface area (Å²) in [7, 11) is 0. The predicted molar refractivity (Wildman–Crippen MR) is 104 cm³/mol. The zero-order valence-corrected chi connectivity index (χ0v) is 15.0. The highest BCUT2D eigenvalue weighted by Gasteiger charge is 2.16. The van der Waals surface area contributed by atoms with Crippen molar-refractivity contribution in [2.45, 2.75) is 25.7 Å². The minimum Gasteiger partial charge on any atom is -0.382 e. The van der Waals surface area contributed by atoms with E-state index in [2.05, 4.69) is 32.4 Å². The van der Waals surface area contributed by atoms with E-state index in [4.69, 9.17) is 28.8 Å². The van der Waals surface area contributed by atoms with E-state index in [-0.39, 0.29) is 28.4 Å². The molecule has 0 atom stereocenters. The summed E-state index contributed by atoms with van der Waals surface area (Å²) in [5, 5.41) is 2.31. The topological polar surface area (TPSA) is 145 Å². The van der Waals surface area contributed by atoms with E-state index < -0.39 is 5.91 Å². The first-order valence-electron chi connectivity index (χ1n) is 8.21. The van der Waals surface area contributed by atoms with Gasteiger partial charge in [0, 0.05) is 6.54 Å². The molecule has 1 aromatic carbocycles. The molecule has 0 saturated carbocycles. The molecule has 0 radical (unpaired) electrons. The number of nitrogens with two attached hydrogens (primary N) is 3. The third kappa shape index (κ3) is 5.89. The molecule has 0 aliphatic heterocycles. The van der Waals surface area contributed by atoms with Crippen molar-refractivity contribution in [2.75, 3.05) is 18.0 Å². The van der Waals surface area contributed by atoms with Crippen LogP contribution in [-0.4, -0.2) is 28.4 Å². The number of hydrogen-bond donors (Lipinski definition) is 4. The summed E-state index contributed by atoms with van der Waals surface area (Å²) in [6.45, 7) is 0.518. The van der Waals surface area contributed by atoms with Crippen LogP contribution in [0.15, 0.2) is 35.3 Å². The van der Waals surface area contributed by atoms with Gasteiger partial charge >= 0.3 is 0 Å². The van der Waals surface area contributed by atoms with Crippen molar-refractivity contribution in [2.24, 2.45) is 10.7 Å². The molecule has 0 spiro atoms. The fourth-order valence-electron chi connectivity index (χ4n) is 2.29. The molecule has 0 bridgehead atoms. The van der Waals surface area contributed by atoms with Crippen molar-refractivity contribution < 1.29 is 4.79 Å². The molecule has 0 aliphatic rings. The van der Waals surface area contributed by atoms with Crippen LogP contribution in [0, 0.1) is 0 Å². The Morgan fingerprint density at radius 3 is 2.54 bits per heavy atom. The Bertz CT molecular complexity index is 780. The van der Waals surface area contributed by atoms with Gasteiger partial charge in [-0.3, -0.25) is 15.1 Å². The maximum absolute atomic E-state index is 12.1. The number of halogens is 1. The molecular formula is C17H22ClN7O. The number of rotatable bonds is 7. The molecule has 0 saturated heterocycles. The van der Waals surface area contributed by atoms with Crippen LogP contribution >= 0.6 is 11.6 Å². The molecule has 1 heterocycles. The molecular weight excluding hydrogens is 354 g/mol. The maximum atomic E-state index is 12.1. The van der Waals surface area contributed by atoms with E-state index in [0.717, 1.165) is 25.7 Å². The van der Waals surface area contributed by atoms with E-state index in [0.29, 0.717) is 6.54 Å². The number of carbonyl (C=O) groups excluding carboxylic acids is 1. The van der Waals surface area contributed by atoms with Crippen LogP contribution in [0.1, 0.15) is 35.3 Å². The van der Waals surface area contributed by atoms with Gasteiger partial charge in [-0.2, -0.15) is 0 Å². The summed E-state index contributed by atoms with van der Waals surface area (Å²) >= 11 is 5.75. The molecule has 0 fully saturated rings. The zero-order chi connectivity index (χ0) is 18.9. The Morgan fingerprint density at radius 2 is 1.81 bits per heavy atom. The summed E-state index contributed by atoms with van der Waals surface area (Å²) in [5.41, 5.74) is 18.0. The fourth-order valence-corrected chi connectivity index (χ4v) is 2.41. The Kier molecular flexibility index (Phi) is 7.16. The van der Waals surface area contributed by atoms with Crippen LogP contribution in [0.3, 0.4) is 0 Å². The van der Waals surface area contributed by atoms with Crippen molar-refractivity contribution in [3.63, 3.8) is 0 Å². The van der Waals surface area contributed by atoms with Gasteiger partial charge in [0.2, 0.25) is 0 Å². The molecule has 1 amide bonds. The smallest absolute Gasteiger partial charge is 0.280 e. The number of carbonyl (C=O) groups is 1. The van der Waals surface area contributed by atoms with Crippen LogP contribution in [-0.2, 0) is 6.42 Å². The van der Waals surface area contributed by atoms with Crippen molar-refractivity contribution in [1.29, 1.82) is 0 Å². The van der Waals surface area contributed by atoms with Gasteiger partial charge in [-0.1, -0.05) is 48.4 Å². The minimum absolute atomic E-state index is 0.00722. The number of hydrogen-bond acceptors (Lipinski definition) is 6. The lowest BCUT2D eigenvalue weighted by Crippen LogP contribution is -2.38. The second-order valence-electron chi connectivity index (χ2n) is 5.65. The fraction of sp³-hybridized carbons (Fsp3) is 0.294. The first-order chi connectivity index (χ1) is 12.5. The number of anilines is 2. The Morgan fingerprint density at radius 1 is 1.08 bits per heavy atom. The number of aryl methyl sites for hydroxylation is 1. The Balaban J connectivity index is 1.74. The van der Waals surface area contributed by atoms with Gasteiger partial charge in [0.15, 0.2) is 28.4 Å². The summed E-state index contributed by atoms with van der Waals surface area (Å²) in [4.78, 5) is 23.7. The SMILES string of the molecule is NC(=NCCCCCc1ccccc1)NC(=O)c1nc(Cl)c(N)nc1N. The molecule has 0 unspecified atom stereocenters. The van der Waals surface area contributed by atoms with Crippen LogP contribution in [0.25, 0.3) is 0 Å². The third-order valence-electron chi connectivity index (χ3n) is 3.61. The lowest BCUT2D eigenvalue weighted by molar-refractivity contribution is 0.0972. The van der Waals surface area contributed by atoms with E-state index in [1.165, 1.54) is 5.56 Å². The molecule has 138 valence electrons. The molecule has 2 rings (SSSR count). The number of nitrogen functional groups attached to an aromatic ring is 2. The molecule has 0 aliphatic carbocycles. The number of nitrogens with one attached hydrogen (secondary N) is 1. The zero-order valence-electron chi connectivity index (χ0n) is 14.3. The van der Waals surface area contributed by atoms with Crippen LogP contribution in [0.4, 0.5) is 11.6 Å². The first-order valence-corrected chi connectivity index (χ1v) is 8.59.